The molecule has 1 aliphatic rings. The Morgan fingerprint density at radius 1 is 1.00 bits per heavy atom. The lowest BCUT2D eigenvalue weighted by Gasteiger charge is -2.28. The van der Waals surface area contributed by atoms with Gasteiger partial charge in [0, 0.05) is 13.0 Å². The number of aliphatic carboxylic acids is 2. The van der Waals surface area contributed by atoms with Crippen LogP contribution in [0.4, 0.5) is 0 Å². The lowest BCUT2D eigenvalue weighted by atomic mass is 10.0. The van der Waals surface area contributed by atoms with Gasteiger partial charge in [-0.3, -0.25) is 19.2 Å². The van der Waals surface area contributed by atoms with Crippen molar-refractivity contribution in [2.75, 3.05) is 19.7 Å². The van der Waals surface area contributed by atoms with Crippen molar-refractivity contribution >= 4 is 29.7 Å². The first-order valence-electron chi connectivity index (χ1n) is 10.5. The number of hydrogen-bond donors (Lipinski definition) is 7. The Bertz CT molecular complexity index is 689. The molecule has 1 heterocycles. The Kier molecular flexibility index (Phi) is 11.6. The maximum absolute atomic E-state index is 13.0. The fourth-order valence-corrected chi connectivity index (χ4v) is 3.41. The Hall–Kier alpha value is -2.77. The van der Waals surface area contributed by atoms with Crippen molar-refractivity contribution in [2.24, 2.45) is 11.5 Å². The van der Waals surface area contributed by atoms with E-state index in [2.05, 4.69) is 10.6 Å². The summed E-state index contributed by atoms with van der Waals surface area (Å²) in [6.07, 6.45) is 1.28. The molecule has 0 aromatic rings. The maximum Gasteiger partial charge on any atom is 0.326 e. The molecule has 9 N–H and O–H groups in total. The van der Waals surface area contributed by atoms with E-state index in [1.165, 1.54) is 0 Å². The zero-order chi connectivity index (χ0) is 24.3. The van der Waals surface area contributed by atoms with E-state index in [4.69, 9.17) is 21.7 Å². The number of carbonyl (C=O) groups excluding carboxylic acids is 3. The first-order chi connectivity index (χ1) is 15.1. The fourth-order valence-electron chi connectivity index (χ4n) is 3.41. The number of carboxylic acid groups (broad SMARTS) is 2. The molecule has 0 aromatic carbocycles. The van der Waals surface area contributed by atoms with Gasteiger partial charge in [0.05, 0.1) is 6.61 Å². The number of nitrogens with zero attached hydrogens (tertiary/aromatic N) is 1. The van der Waals surface area contributed by atoms with Crippen LogP contribution in [0.5, 0.6) is 0 Å². The van der Waals surface area contributed by atoms with Gasteiger partial charge >= 0.3 is 11.9 Å². The predicted octanol–water partition coefficient (Wildman–Crippen LogP) is -2.65. The molecule has 1 aliphatic heterocycles. The third-order valence-corrected chi connectivity index (χ3v) is 5.20. The van der Waals surface area contributed by atoms with Crippen LogP contribution in [0.25, 0.3) is 0 Å². The minimum absolute atomic E-state index is 0.175. The topological polar surface area (TPSA) is 225 Å². The molecule has 182 valence electrons. The van der Waals surface area contributed by atoms with Gasteiger partial charge in [0.25, 0.3) is 0 Å². The molecule has 0 saturated carbocycles. The Morgan fingerprint density at radius 2 is 1.66 bits per heavy atom. The summed E-state index contributed by atoms with van der Waals surface area (Å²) < 4.78 is 0. The number of hydrogen-bond acceptors (Lipinski definition) is 8. The smallest absolute Gasteiger partial charge is 0.326 e. The number of nitrogens with one attached hydrogen (secondary N) is 2. The van der Waals surface area contributed by atoms with Crippen LogP contribution in [0.15, 0.2) is 0 Å². The van der Waals surface area contributed by atoms with E-state index in [-0.39, 0.29) is 25.8 Å². The summed E-state index contributed by atoms with van der Waals surface area (Å²) >= 11 is 0. The third-order valence-electron chi connectivity index (χ3n) is 5.20. The number of aliphatic hydroxyl groups is 1. The molecule has 32 heavy (non-hydrogen) atoms. The standard InChI is InChI=1S/C19H33N5O8/c20-8-2-1-4-12(22-16(28)11(21)10-25)17(29)23-13(6-7-15(26)27)18(30)24-9-3-5-14(24)19(31)32/h11-14,25H,1-10,20-21H2,(H,22,28)(H,23,29)(H,26,27)(H,31,32). The quantitative estimate of drug-likeness (QED) is 0.133. The fraction of sp³-hybridized carbons (Fsp3) is 0.737. The number of nitrogens with two attached hydrogens (primary N) is 2. The molecule has 0 aromatic heterocycles. The lowest BCUT2D eigenvalue weighted by molar-refractivity contribution is -0.150. The SMILES string of the molecule is NCCCCC(NC(=O)C(N)CO)C(=O)NC(CCC(=O)O)C(=O)N1CCCC1C(=O)O. The van der Waals surface area contributed by atoms with Gasteiger partial charge in [-0.1, -0.05) is 0 Å². The van der Waals surface area contributed by atoms with E-state index in [1.54, 1.807) is 0 Å². The predicted molar refractivity (Wildman–Crippen MR) is 111 cm³/mol. The first-order valence-corrected chi connectivity index (χ1v) is 10.5. The van der Waals surface area contributed by atoms with E-state index in [9.17, 15) is 29.1 Å². The number of rotatable bonds is 14. The molecule has 13 nitrogen and oxygen atoms in total. The van der Waals surface area contributed by atoms with Gasteiger partial charge < -0.3 is 42.3 Å². The van der Waals surface area contributed by atoms with Crippen LogP contribution in [0, 0.1) is 0 Å². The summed E-state index contributed by atoms with van der Waals surface area (Å²) in [6, 6.07) is -4.67. The van der Waals surface area contributed by atoms with Crippen molar-refractivity contribution in [3.8, 4) is 0 Å². The number of amides is 3. The number of carboxylic acids is 2. The summed E-state index contributed by atoms with van der Waals surface area (Å²) in [5.74, 6) is -4.56. The van der Waals surface area contributed by atoms with Crippen LogP contribution in [-0.4, -0.2) is 93.7 Å². The molecule has 0 aliphatic carbocycles. The Labute approximate surface area is 185 Å². The molecular weight excluding hydrogens is 426 g/mol. The van der Waals surface area contributed by atoms with E-state index >= 15 is 0 Å². The molecule has 1 saturated heterocycles. The summed E-state index contributed by atoms with van der Waals surface area (Å²) in [5, 5.41) is 32.3. The second-order valence-electron chi connectivity index (χ2n) is 7.66. The van der Waals surface area contributed by atoms with Gasteiger partial charge in [-0.05, 0) is 45.1 Å². The summed E-state index contributed by atoms with van der Waals surface area (Å²) in [7, 11) is 0. The third kappa shape index (κ3) is 8.40. The minimum Gasteiger partial charge on any atom is -0.481 e. The number of likely N-dealkylation sites (tertiary alicyclic amines) is 1. The highest BCUT2D eigenvalue weighted by Gasteiger charge is 2.38. The second-order valence-corrected chi connectivity index (χ2v) is 7.66. The van der Waals surface area contributed by atoms with Gasteiger partial charge in [0.15, 0.2) is 0 Å². The monoisotopic (exact) mass is 459 g/mol. The molecule has 4 atom stereocenters. The first kappa shape index (κ1) is 27.3. The lowest BCUT2D eigenvalue weighted by Crippen LogP contribution is -2.57. The van der Waals surface area contributed by atoms with Gasteiger partial charge in [0.1, 0.15) is 24.2 Å². The molecule has 13 heteroatoms. The van der Waals surface area contributed by atoms with Gasteiger partial charge in [-0.15, -0.1) is 0 Å². The molecule has 3 amide bonds. The van der Waals surface area contributed by atoms with Crippen molar-refractivity contribution in [1.29, 1.82) is 0 Å². The molecule has 1 rings (SSSR count). The van der Waals surface area contributed by atoms with Crippen molar-refractivity contribution in [3.63, 3.8) is 0 Å². The highest BCUT2D eigenvalue weighted by molar-refractivity contribution is 5.94. The van der Waals surface area contributed by atoms with Crippen LogP contribution >= 0.6 is 0 Å². The zero-order valence-corrected chi connectivity index (χ0v) is 17.9. The van der Waals surface area contributed by atoms with E-state index in [0.29, 0.717) is 25.8 Å². The van der Waals surface area contributed by atoms with Crippen molar-refractivity contribution < 1.29 is 39.3 Å². The van der Waals surface area contributed by atoms with Crippen LogP contribution < -0.4 is 22.1 Å². The average molecular weight is 460 g/mol. The van der Waals surface area contributed by atoms with Crippen LogP contribution in [-0.2, 0) is 24.0 Å². The summed E-state index contributed by atoms with van der Waals surface area (Å²) in [4.78, 5) is 61.5. The maximum atomic E-state index is 13.0. The van der Waals surface area contributed by atoms with Crippen molar-refractivity contribution in [2.45, 2.75) is 69.1 Å². The molecular formula is C19H33N5O8. The largest absolute Gasteiger partial charge is 0.481 e. The normalized spacial score (nSPS) is 18.5. The van der Waals surface area contributed by atoms with Crippen molar-refractivity contribution in [3.05, 3.63) is 0 Å². The Balaban J connectivity index is 2.99. The van der Waals surface area contributed by atoms with Crippen molar-refractivity contribution in [1.82, 2.24) is 15.5 Å². The Morgan fingerprint density at radius 3 is 2.22 bits per heavy atom. The molecule has 4 unspecified atom stereocenters. The molecule has 0 radical (unpaired) electrons. The zero-order valence-electron chi connectivity index (χ0n) is 17.9. The van der Waals surface area contributed by atoms with Crippen LogP contribution in [0.2, 0.25) is 0 Å². The van der Waals surface area contributed by atoms with E-state index < -0.39 is 66.9 Å². The van der Waals surface area contributed by atoms with Gasteiger partial charge in [-0.2, -0.15) is 0 Å². The number of aliphatic hydroxyl groups excluding tert-OH is 1. The van der Waals surface area contributed by atoms with E-state index in [0.717, 1.165) is 4.90 Å². The van der Waals surface area contributed by atoms with E-state index in [1.807, 2.05) is 0 Å². The highest BCUT2D eigenvalue weighted by Crippen LogP contribution is 2.20. The summed E-state index contributed by atoms with van der Waals surface area (Å²) in [6.45, 7) is -0.0881. The summed E-state index contributed by atoms with van der Waals surface area (Å²) in [5.41, 5.74) is 10.9. The van der Waals surface area contributed by atoms with Gasteiger partial charge in [-0.25, -0.2) is 4.79 Å². The molecule has 0 bridgehead atoms. The second kappa shape index (κ2) is 13.6. The molecule has 1 fully saturated rings. The minimum atomic E-state index is -1.28. The highest BCUT2D eigenvalue weighted by atomic mass is 16.4. The van der Waals surface area contributed by atoms with Crippen LogP contribution in [0.1, 0.15) is 44.9 Å². The molecule has 0 spiro atoms. The number of unbranched alkanes of at least 4 members (excludes halogenated alkanes) is 1. The number of carbonyl (C=O) groups is 5. The van der Waals surface area contributed by atoms with Crippen LogP contribution in [0.3, 0.4) is 0 Å². The van der Waals surface area contributed by atoms with Gasteiger partial charge in [0.2, 0.25) is 17.7 Å². The average Bonchev–Trinajstić information content (AvgIpc) is 3.24.